The van der Waals surface area contributed by atoms with E-state index in [1.54, 1.807) is 0 Å². The largest absolute Gasteiger partial charge is 0.480 e. The van der Waals surface area contributed by atoms with E-state index in [2.05, 4.69) is 12.2 Å². The lowest BCUT2D eigenvalue weighted by atomic mass is 9.94. The first-order valence-electron chi connectivity index (χ1n) is 6.23. The molecular weight excluding hydrogens is 206 g/mol. The van der Waals surface area contributed by atoms with Crippen molar-refractivity contribution in [1.82, 2.24) is 5.32 Å². The van der Waals surface area contributed by atoms with Gasteiger partial charge < -0.3 is 9.84 Å². The number of rotatable bonds is 9. The summed E-state index contributed by atoms with van der Waals surface area (Å²) in [7, 11) is 0. The molecule has 2 N–H and O–H groups in total. The van der Waals surface area contributed by atoms with Crippen molar-refractivity contribution in [1.29, 1.82) is 0 Å². The Labute approximate surface area is 97.4 Å². The number of likely N-dealkylation sites (N-methyl/N-ethyl adjacent to an activating group) is 1. The van der Waals surface area contributed by atoms with Crippen molar-refractivity contribution < 1.29 is 14.6 Å². The Morgan fingerprint density at radius 2 is 2.19 bits per heavy atom. The standard InChI is InChI=1S/C12H23NO3/c1-3-5-8-16-9-12(11(14)15,13-4-2)10-6-7-10/h10,13H,3-9H2,1-2H3,(H,14,15). The van der Waals surface area contributed by atoms with Crippen molar-refractivity contribution >= 4 is 5.97 Å². The van der Waals surface area contributed by atoms with Crippen LogP contribution < -0.4 is 5.32 Å². The van der Waals surface area contributed by atoms with Crippen LogP contribution in [0.3, 0.4) is 0 Å². The summed E-state index contributed by atoms with van der Waals surface area (Å²) in [6.45, 7) is 5.65. The Hall–Kier alpha value is -0.610. The highest BCUT2D eigenvalue weighted by molar-refractivity contribution is 5.80. The van der Waals surface area contributed by atoms with E-state index < -0.39 is 11.5 Å². The van der Waals surface area contributed by atoms with Crippen LogP contribution in [0.25, 0.3) is 0 Å². The van der Waals surface area contributed by atoms with Gasteiger partial charge >= 0.3 is 5.97 Å². The molecule has 0 aromatic rings. The molecule has 94 valence electrons. The number of aliphatic carboxylic acids is 1. The molecule has 16 heavy (non-hydrogen) atoms. The van der Waals surface area contributed by atoms with E-state index in [4.69, 9.17) is 4.74 Å². The average Bonchev–Trinajstić information content (AvgIpc) is 3.06. The first kappa shape index (κ1) is 13.5. The van der Waals surface area contributed by atoms with Gasteiger partial charge in [-0.3, -0.25) is 10.1 Å². The summed E-state index contributed by atoms with van der Waals surface area (Å²) in [6, 6.07) is 0. The fraction of sp³-hybridized carbons (Fsp3) is 0.917. The molecule has 0 amide bonds. The second kappa shape index (κ2) is 6.21. The fourth-order valence-electron chi connectivity index (χ4n) is 2.00. The van der Waals surface area contributed by atoms with E-state index in [1.807, 2.05) is 6.92 Å². The van der Waals surface area contributed by atoms with E-state index >= 15 is 0 Å². The van der Waals surface area contributed by atoms with Gasteiger partial charge in [0.15, 0.2) is 0 Å². The van der Waals surface area contributed by atoms with Gasteiger partial charge in [-0.1, -0.05) is 20.3 Å². The molecule has 4 nitrogen and oxygen atoms in total. The van der Waals surface area contributed by atoms with Gasteiger partial charge in [0.2, 0.25) is 0 Å². The van der Waals surface area contributed by atoms with Crippen LogP contribution in [-0.2, 0) is 9.53 Å². The van der Waals surface area contributed by atoms with E-state index in [0.29, 0.717) is 19.8 Å². The maximum absolute atomic E-state index is 11.4. The summed E-state index contributed by atoms with van der Waals surface area (Å²) in [4.78, 5) is 11.4. The molecule has 1 aliphatic rings. The molecule has 1 unspecified atom stereocenters. The zero-order valence-electron chi connectivity index (χ0n) is 10.3. The smallest absolute Gasteiger partial charge is 0.326 e. The summed E-state index contributed by atoms with van der Waals surface area (Å²) in [5.41, 5.74) is -0.845. The molecule has 1 saturated carbocycles. The minimum atomic E-state index is -0.845. The van der Waals surface area contributed by atoms with E-state index in [1.165, 1.54) is 0 Å². The van der Waals surface area contributed by atoms with Crippen LogP contribution in [0.4, 0.5) is 0 Å². The fourth-order valence-corrected chi connectivity index (χ4v) is 2.00. The van der Waals surface area contributed by atoms with Crippen LogP contribution in [0.15, 0.2) is 0 Å². The minimum absolute atomic E-state index is 0.242. The Balaban J connectivity index is 2.50. The molecular formula is C12H23NO3. The maximum Gasteiger partial charge on any atom is 0.326 e. The summed E-state index contributed by atoms with van der Waals surface area (Å²) in [5.74, 6) is -0.528. The SMILES string of the molecule is CCCCOCC(NCC)(C(=O)O)C1CC1. The highest BCUT2D eigenvalue weighted by Crippen LogP contribution is 2.40. The predicted molar refractivity (Wildman–Crippen MR) is 62.5 cm³/mol. The molecule has 0 saturated heterocycles. The Morgan fingerprint density at radius 1 is 1.50 bits per heavy atom. The van der Waals surface area contributed by atoms with Gasteiger partial charge in [-0.25, -0.2) is 0 Å². The molecule has 1 fully saturated rings. The zero-order chi connectivity index (χ0) is 12.0. The van der Waals surface area contributed by atoms with Gasteiger partial charge in [-0.05, 0) is 31.7 Å². The number of ether oxygens (including phenoxy) is 1. The zero-order valence-corrected chi connectivity index (χ0v) is 10.3. The van der Waals surface area contributed by atoms with Crippen molar-refractivity contribution in [2.75, 3.05) is 19.8 Å². The van der Waals surface area contributed by atoms with Gasteiger partial charge in [0, 0.05) is 6.61 Å². The molecule has 1 aliphatic carbocycles. The van der Waals surface area contributed by atoms with E-state index in [-0.39, 0.29) is 5.92 Å². The van der Waals surface area contributed by atoms with Crippen molar-refractivity contribution in [2.45, 2.75) is 45.1 Å². The maximum atomic E-state index is 11.4. The molecule has 1 rings (SSSR count). The number of carboxylic acid groups (broad SMARTS) is 1. The first-order chi connectivity index (χ1) is 7.67. The third-order valence-corrected chi connectivity index (χ3v) is 3.12. The number of hydrogen-bond donors (Lipinski definition) is 2. The molecule has 0 radical (unpaired) electrons. The molecule has 0 bridgehead atoms. The Morgan fingerprint density at radius 3 is 2.62 bits per heavy atom. The van der Waals surface area contributed by atoms with E-state index in [0.717, 1.165) is 25.7 Å². The predicted octanol–water partition coefficient (Wildman–Crippen LogP) is 1.65. The Kier molecular flexibility index (Phi) is 5.22. The van der Waals surface area contributed by atoms with Crippen LogP contribution >= 0.6 is 0 Å². The van der Waals surface area contributed by atoms with Crippen LogP contribution in [0.1, 0.15) is 39.5 Å². The summed E-state index contributed by atoms with van der Waals surface area (Å²) >= 11 is 0. The van der Waals surface area contributed by atoms with Gasteiger partial charge in [0.25, 0.3) is 0 Å². The van der Waals surface area contributed by atoms with Gasteiger partial charge in [0.05, 0.1) is 6.61 Å². The second-order valence-corrected chi connectivity index (χ2v) is 4.49. The number of unbranched alkanes of at least 4 members (excludes halogenated alkanes) is 1. The minimum Gasteiger partial charge on any atom is -0.480 e. The number of nitrogens with one attached hydrogen (secondary N) is 1. The second-order valence-electron chi connectivity index (χ2n) is 4.49. The van der Waals surface area contributed by atoms with Crippen LogP contribution in [0.2, 0.25) is 0 Å². The molecule has 0 aromatic heterocycles. The lowest BCUT2D eigenvalue weighted by molar-refractivity contribution is -0.149. The lowest BCUT2D eigenvalue weighted by Crippen LogP contribution is -2.57. The molecule has 1 atom stereocenters. The number of carbonyl (C=O) groups is 1. The normalized spacial score (nSPS) is 19.4. The highest BCUT2D eigenvalue weighted by atomic mass is 16.5. The highest BCUT2D eigenvalue weighted by Gasteiger charge is 2.50. The van der Waals surface area contributed by atoms with Crippen molar-refractivity contribution in [3.05, 3.63) is 0 Å². The Bertz CT molecular complexity index is 228. The summed E-state index contributed by atoms with van der Waals surface area (Å²) in [6.07, 6.45) is 4.06. The van der Waals surface area contributed by atoms with Crippen LogP contribution in [0, 0.1) is 5.92 Å². The van der Waals surface area contributed by atoms with Crippen molar-refractivity contribution in [2.24, 2.45) is 5.92 Å². The first-order valence-corrected chi connectivity index (χ1v) is 6.23. The quantitative estimate of drug-likeness (QED) is 0.590. The molecule has 0 spiro atoms. The molecule has 4 heteroatoms. The van der Waals surface area contributed by atoms with Gasteiger partial charge in [-0.15, -0.1) is 0 Å². The van der Waals surface area contributed by atoms with E-state index in [9.17, 15) is 9.90 Å². The topological polar surface area (TPSA) is 58.6 Å². The molecule has 0 aromatic carbocycles. The average molecular weight is 229 g/mol. The van der Waals surface area contributed by atoms with Crippen LogP contribution in [0.5, 0.6) is 0 Å². The van der Waals surface area contributed by atoms with Crippen molar-refractivity contribution in [3.63, 3.8) is 0 Å². The lowest BCUT2D eigenvalue weighted by Gasteiger charge is -2.30. The number of carboxylic acids is 1. The summed E-state index contributed by atoms with van der Waals surface area (Å²) < 4.78 is 5.51. The van der Waals surface area contributed by atoms with Gasteiger partial charge in [0.1, 0.15) is 5.54 Å². The van der Waals surface area contributed by atoms with Gasteiger partial charge in [-0.2, -0.15) is 0 Å². The third-order valence-electron chi connectivity index (χ3n) is 3.12. The molecule has 0 aliphatic heterocycles. The monoisotopic (exact) mass is 229 g/mol. The van der Waals surface area contributed by atoms with Crippen molar-refractivity contribution in [3.8, 4) is 0 Å². The third kappa shape index (κ3) is 3.19. The molecule has 0 heterocycles. The summed E-state index contributed by atoms with van der Waals surface area (Å²) in [5, 5.41) is 12.5. The number of hydrogen-bond acceptors (Lipinski definition) is 3. The van der Waals surface area contributed by atoms with Crippen LogP contribution in [-0.4, -0.2) is 36.4 Å².